The molecule has 0 aromatic carbocycles. The first-order valence-corrected chi connectivity index (χ1v) is 19.3. The Balaban J connectivity index is 1.02. The van der Waals surface area contributed by atoms with Crippen molar-refractivity contribution in [1.82, 2.24) is 40.4 Å². The predicted octanol–water partition coefficient (Wildman–Crippen LogP) is 4.81. The number of likely N-dealkylation sites (tertiary alicyclic amines) is 2. The zero-order valence-electron chi connectivity index (χ0n) is 32.7. The highest BCUT2D eigenvalue weighted by Crippen LogP contribution is 2.36. The minimum atomic E-state index is -0.701. The van der Waals surface area contributed by atoms with E-state index < -0.39 is 24.3 Å². The summed E-state index contributed by atoms with van der Waals surface area (Å²) in [6.45, 7) is 8.75. The van der Waals surface area contributed by atoms with Gasteiger partial charge in [-0.3, -0.25) is 14.6 Å². The Kier molecular flexibility index (Phi) is 11.1. The predicted molar refractivity (Wildman–Crippen MR) is 209 cm³/mol. The van der Waals surface area contributed by atoms with Gasteiger partial charge in [-0.2, -0.15) is 0 Å². The molecule has 0 radical (unpaired) electrons. The minimum absolute atomic E-state index is 0.115. The first-order chi connectivity index (χ1) is 26.9. The van der Waals surface area contributed by atoms with E-state index in [1.807, 2.05) is 45.9 Å². The zero-order chi connectivity index (χ0) is 39.7. The summed E-state index contributed by atoms with van der Waals surface area (Å²) in [5, 5.41) is 5.39. The molecule has 1 unspecified atom stereocenters. The van der Waals surface area contributed by atoms with Crippen LogP contribution < -0.4 is 10.6 Å². The van der Waals surface area contributed by atoms with E-state index in [1.165, 1.54) is 14.2 Å². The molecule has 0 bridgehead atoms. The van der Waals surface area contributed by atoms with Crippen molar-refractivity contribution in [2.24, 2.45) is 21.8 Å². The Hall–Kier alpha value is -5.80. The highest BCUT2D eigenvalue weighted by Gasteiger charge is 2.39. The van der Waals surface area contributed by atoms with Crippen LogP contribution in [0.25, 0.3) is 11.1 Å². The average Bonchev–Trinajstić information content (AvgIpc) is 4.03. The van der Waals surface area contributed by atoms with Gasteiger partial charge in [-0.15, -0.1) is 0 Å². The Labute approximate surface area is 325 Å². The first kappa shape index (κ1) is 38.5. The van der Waals surface area contributed by atoms with Gasteiger partial charge in [-0.25, -0.2) is 24.5 Å². The molecular formula is C40H50N10O6. The van der Waals surface area contributed by atoms with Gasteiger partial charge in [0.1, 0.15) is 29.8 Å². The van der Waals surface area contributed by atoms with Gasteiger partial charge >= 0.3 is 12.2 Å². The molecule has 2 aliphatic carbocycles. The van der Waals surface area contributed by atoms with E-state index in [-0.39, 0.29) is 41.8 Å². The van der Waals surface area contributed by atoms with Crippen LogP contribution in [0.2, 0.25) is 0 Å². The molecule has 5 aliphatic rings. The molecule has 4 amide bonds. The fraction of sp³-hybridized carbons (Fsp3) is 0.500. The second-order valence-electron chi connectivity index (χ2n) is 15.4. The second-order valence-corrected chi connectivity index (χ2v) is 15.4. The number of methoxy groups -OCH3 is 2. The summed E-state index contributed by atoms with van der Waals surface area (Å²) in [7, 11) is 2.57. The van der Waals surface area contributed by atoms with Crippen LogP contribution in [-0.4, -0.2) is 111 Å². The fourth-order valence-corrected chi connectivity index (χ4v) is 7.97. The molecule has 2 aromatic heterocycles. The first-order valence-electron chi connectivity index (χ1n) is 19.3. The molecule has 2 aromatic rings. The number of carbonyl (C=O) groups is 4. The standard InChI is InChI=1S/C40H50N10O6/c1-21(2)33(47-39(53)55-5)37(51)49-15-7-9-31(49)35-41-19-29(45-35)23-11-13-25-27(17-23)43-26-14-12-24(18-28(26)44-25)30-20-42-36(46-30)32-10-8-16-50(32)38(52)34(22(3)4)48-40(54)56-6/h11-13,17-22,27,31-34H,7-10,14-16H2,1-6H3,(H,41,45)(H,42,46)(H,47,53)(H,48,54)/t27?,31-,32-,33-,34-/m0/s1. The number of alkyl carbamates (subject to hydrolysis) is 2. The van der Waals surface area contributed by atoms with Crippen LogP contribution in [0.3, 0.4) is 0 Å². The van der Waals surface area contributed by atoms with Crippen LogP contribution in [0.4, 0.5) is 9.59 Å². The number of allylic oxidation sites excluding steroid dienone is 6. The SMILES string of the molecule is COC(=O)N[C@H](C(=O)N1CCC[C@H]1c1ncc(C2=CCC3=NC4C=C(c5cnc([C@@H]6CCCN6C(=O)[C@@H](NC(=O)OC)C(C)C)[nH]5)C=CC4=NC3=C2)[nH]1)C(C)C. The van der Waals surface area contributed by atoms with E-state index in [0.717, 1.165) is 65.3 Å². The van der Waals surface area contributed by atoms with E-state index in [4.69, 9.17) is 29.4 Å². The smallest absolute Gasteiger partial charge is 0.407 e. The summed E-state index contributed by atoms with van der Waals surface area (Å²) in [5.74, 6) is 0.877. The van der Waals surface area contributed by atoms with Crippen molar-refractivity contribution >= 4 is 46.6 Å². The van der Waals surface area contributed by atoms with Gasteiger partial charge in [0, 0.05) is 19.5 Å². The number of hydrogen-bond donors (Lipinski definition) is 4. The Bertz CT molecular complexity index is 1970. The number of aromatic amines is 2. The number of carbonyl (C=O) groups excluding carboxylic acids is 4. The molecule has 5 atom stereocenters. The molecule has 5 heterocycles. The lowest BCUT2D eigenvalue weighted by molar-refractivity contribution is -0.136. The topological polar surface area (TPSA) is 199 Å². The lowest BCUT2D eigenvalue weighted by Gasteiger charge is -2.30. The summed E-state index contributed by atoms with van der Waals surface area (Å²) in [6.07, 6.45) is 16.3. The van der Waals surface area contributed by atoms with Crippen molar-refractivity contribution in [3.05, 3.63) is 71.5 Å². The van der Waals surface area contributed by atoms with Crippen LogP contribution in [0.15, 0.2) is 58.5 Å². The van der Waals surface area contributed by atoms with Crippen molar-refractivity contribution in [3.63, 3.8) is 0 Å². The van der Waals surface area contributed by atoms with Gasteiger partial charge in [-0.1, -0.05) is 39.8 Å². The molecule has 0 saturated carbocycles. The highest BCUT2D eigenvalue weighted by molar-refractivity contribution is 6.16. The molecule has 2 fully saturated rings. The number of rotatable bonds is 10. The van der Waals surface area contributed by atoms with Gasteiger partial charge in [0.15, 0.2) is 0 Å². The average molecular weight is 767 g/mol. The van der Waals surface area contributed by atoms with Crippen LogP contribution >= 0.6 is 0 Å². The van der Waals surface area contributed by atoms with Crippen molar-refractivity contribution in [2.75, 3.05) is 27.3 Å². The molecule has 4 N–H and O–H groups in total. The lowest BCUT2D eigenvalue weighted by Crippen LogP contribution is -2.51. The number of H-pyrrole nitrogens is 2. The molecule has 2 saturated heterocycles. The molecule has 7 rings (SSSR count). The normalized spacial score (nSPS) is 22.6. The third-order valence-electron chi connectivity index (χ3n) is 11.0. The Morgan fingerprint density at radius 2 is 1.32 bits per heavy atom. The number of hydrogen-bond acceptors (Lipinski definition) is 10. The van der Waals surface area contributed by atoms with Crippen molar-refractivity contribution in [3.8, 4) is 0 Å². The molecule has 16 nitrogen and oxygen atoms in total. The highest BCUT2D eigenvalue weighted by atomic mass is 16.5. The maximum atomic E-state index is 13.6. The molecule has 0 spiro atoms. The van der Waals surface area contributed by atoms with Gasteiger partial charge < -0.3 is 39.9 Å². The van der Waals surface area contributed by atoms with Crippen molar-refractivity contribution in [2.45, 2.75) is 90.0 Å². The van der Waals surface area contributed by atoms with Crippen LogP contribution in [-0.2, 0) is 19.1 Å². The molecule has 16 heteroatoms. The van der Waals surface area contributed by atoms with E-state index in [0.29, 0.717) is 31.2 Å². The molecular weight excluding hydrogens is 717 g/mol. The number of aliphatic imine (C=N–C) groups is 2. The Morgan fingerprint density at radius 3 is 1.84 bits per heavy atom. The van der Waals surface area contributed by atoms with Crippen LogP contribution in [0.5, 0.6) is 0 Å². The van der Waals surface area contributed by atoms with E-state index in [2.05, 4.69) is 32.8 Å². The summed E-state index contributed by atoms with van der Waals surface area (Å²) < 4.78 is 9.52. The number of nitrogens with one attached hydrogen (secondary N) is 4. The van der Waals surface area contributed by atoms with Crippen LogP contribution in [0.1, 0.15) is 94.9 Å². The molecule has 56 heavy (non-hydrogen) atoms. The number of fused-ring (bicyclic) bond motifs is 2. The van der Waals surface area contributed by atoms with E-state index in [9.17, 15) is 19.2 Å². The molecule has 3 aliphatic heterocycles. The summed E-state index contributed by atoms with van der Waals surface area (Å²) in [6, 6.07) is -2.11. The second kappa shape index (κ2) is 16.1. The summed E-state index contributed by atoms with van der Waals surface area (Å²) >= 11 is 0. The molecule has 296 valence electrons. The number of aromatic nitrogens is 4. The summed E-state index contributed by atoms with van der Waals surface area (Å²) in [5.41, 5.74) is 6.07. The maximum Gasteiger partial charge on any atom is 0.407 e. The van der Waals surface area contributed by atoms with Crippen molar-refractivity contribution in [1.29, 1.82) is 0 Å². The fourth-order valence-electron chi connectivity index (χ4n) is 7.97. The third-order valence-corrected chi connectivity index (χ3v) is 11.0. The minimum Gasteiger partial charge on any atom is -0.453 e. The number of imidazole rings is 2. The zero-order valence-corrected chi connectivity index (χ0v) is 32.7. The largest absolute Gasteiger partial charge is 0.453 e. The number of amides is 4. The summed E-state index contributed by atoms with van der Waals surface area (Å²) in [4.78, 5) is 81.1. The van der Waals surface area contributed by atoms with Crippen molar-refractivity contribution < 1.29 is 28.7 Å². The van der Waals surface area contributed by atoms with Gasteiger partial charge in [0.05, 0.1) is 67.2 Å². The number of ether oxygens (including phenoxy) is 2. The van der Waals surface area contributed by atoms with Gasteiger partial charge in [-0.05, 0) is 66.9 Å². The third kappa shape index (κ3) is 7.69. The maximum absolute atomic E-state index is 13.6. The Morgan fingerprint density at radius 1 is 0.786 bits per heavy atom. The van der Waals surface area contributed by atoms with Gasteiger partial charge in [0.25, 0.3) is 0 Å². The number of nitrogens with zero attached hydrogens (tertiary/aromatic N) is 6. The monoisotopic (exact) mass is 766 g/mol. The van der Waals surface area contributed by atoms with Gasteiger partial charge in [0.2, 0.25) is 11.8 Å². The van der Waals surface area contributed by atoms with E-state index >= 15 is 0 Å². The van der Waals surface area contributed by atoms with Crippen LogP contribution in [0, 0.1) is 11.8 Å². The lowest BCUT2D eigenvalue weighted by atomic mass is 9.94. The quantitative estimate of drug-likeness (QED) is 0.264. The van der Waals surface area contributed by atoms with E-state index in [1.54, 1.807) is 22.2 Å².